The van der Waals surface area contributed by atoms with E-state index in [0.717, 1.165) is 37.0 Å². The number of hydrogen-bond acceptors (Lipinski definition) is 6. The summed E-state index contributed by atoms with van der Waals surface area (Å²) >= 11 is 0. The minimum Gasteiger partial charge on any atom is -0.481 e. The minimum atomic E-state index is -3.35. The van der Waals surface area contributed by atoms with E-state index in [4.69, 9.17) is 9.37 Å². The van der Waals surface area contributed by atoms with E-state index in [1.54, 1.807) is 17.0 Å². The van der Waals surface area contributed by atoms with E-state index in [0.29, 0.717) is 18.7 Å². The molecule has 2 atom stereocenters. The van der Waals surface area contributed by atoms with E-state index in [-0.39, 0.29) is 24.4 Å². The lowest BCUT2D eigenvalue weighted by atomic mass is 10.0. The van der Waals surface area contributed by atoms with Gasteiger partial charge in [0.2, 0.25) is 11.8 Å². The zero-order chi connectivity index (χ0) is 24.5. The number of rotatable bonds is 6. The average molecular weight is 430 g/mol. The number of halogens is 2. The molecule has 2 aromatic rings. The summed E-state index contributed by atoms with van der Waals surface area (Å²) in [5.74, 6) is -3.37. The van der Waals surface area contributed by atoms with Crippen LogP contribution >= 0.6 is 0 Å². The summed E-state index contributed by atoms with van der Waals surface area (Å²) in [6.45, 7) is 0.850. The molecule has 2 saturated heterocycles. The molecular weight excluding hydrogens is 404 g/mol. The normalized spacial score (nSPS) is 22.3. The van der Waals surface area contributed by atoms with Crippen molar-refractivity contribution in [3.63, 3.8) is 0 Å². The number of methoxy groups -OCH3 is 1. The summed E-state index contributed by atoms with van der Waals surface area (Å²) in [6, 6.07) is 7.60. The summed E-state index contributed by atoms with van der Waals surface area (Å²) in [5.41, 5.74) is 0.0171. The van der Waals surface area contributed by atoms with E-state index in [1.807, 2.05) is 6.07 Å². The third kappa shape index (κ3) is 4.29. The Hall–Kier alpha value is -3.28. The molecule has 2 aromatic heterocycles. The Morgan fingerprint density at radius 3 is 2.74 bits per heavy atom. The second kappa shape index (κ2) is 8.46. The van der Waals surface area contributed by atoms with E-state index in [9.17, 15) is 13.6 Å². The number of carbonyl (C=O) groups excluding carboxylic acids is 1. The molecule has 0 saturated carbocycles. The Kier molecular flexibility index (Phi) is 4.75. The Balaban J connectivity index is 1.37. The van der Waals surface area contributed by atoms with Crippen molar-refractivity contribution in [2.75, 3.05) is 25.0 Å². The summed E-state index contributed by atoms with van der Waals surface area (Å²) in [6.07, 6.45) is 3.25. The third-order valence-corrected chi connectivity index (χ3v) is 5.89. The standard InChI is InChI=1S/C22H23F2N5O2/c1-31-20-10-16(7-9-26-20)22(23,24)8-6-21(30)28-13-17-3-4-18(14-28)29(17)19-5-2-15(11-25)12-27-19/h2,5,7,9-10,12,17-18H,3-4,6,8,13-14H2,1H3/i1D3. The van der Waals surface area contributed by atoms with Gasteiger partial charge < -0.3 is 14.5 Å². The predicted octanol–water partition coefficient (Wildman–Crippen LogP) is 3.11. The maximum absolute atomic E-state index is 14.8. The number of aromatic nitrogens is 2. The number of ether oxygens (including phenoxy) is 1. The molecule has 0 aliphatic carbocycles. The van der Waals surface area contributed by atoms with Gasteiger partial charge in [0.05, 0.1) is 16.7 Å². The lowest BCUT2D eigenvalue weighted by Crippen LogP contribution is -2.55. The van der Waals surface area contributed by atoms with Crippen LogP contribution in [0.4, 0.5) is 14.6 Å². The van der Waals surface area contributed by atoms with E-state index in [2.05, 4.69) is 19.6 Å². The van der Waals surface area contributed by atoms with Crippen LogP contribution in [0.1, 0.15) is 40.9 Å². The van der Waals surface area contributed by atoms with Crippen LogP contribution in [0.5, 0.6) is 5.88 Å². The number of alkyl halides is 2. The molecule has 2 fully saturated rings. The molecule has 4 rings (SSSR count). The number of fused-ring (bicyclic) bond motifs is 2. The van der Waals surface area contributed by atoms with Crippen LogP contribution in [-0.2, 0) is 10.7 Å². The first-order valence-corrected chi connectivity index (χ1v) is 10.0. The fourth-order valence-corrected chi connectivity index (χ4v) is 4.34. The SMILES string of the molecule is [2H]C([2H])([2H])Oc1cc(C(F)(F)CCC(=O)N2CC3CCC(C2)N3c2ccc(C#N)cn2)ccn1. The average Bonchev–Trinajstić information content (AvgIpc) is 3.05. The monoisotopic (exact) mass is 430 g/mol. The van der Waals surface area contributed by atoms with Crippen LogP contribution in [0.25, 0.3) is 0 Å². The summed E-state index contributed by atoms with van der Waals surface area (Å²) in [4.78, 5) is 24.6. The zero-order valence-corrected chi connectivity index (χ0v) is 16.7. The minimum absolute atomic E-state index is 0.0448. The van der Waals surface area contributed by atoms with Crippen molar-refractivity contribution in [2.24, 2.45) is 0 Å². The van der Waals surface area contributed by atoms with Crippen LogP contribution in [0.15, 0.2) is 36.7 Å². The molecule has 2 aliphatic rings. The van der Waals surface area contributed by atoms with E-state index >= 15 is 0 Å². The molecule has 0 aromatic carbocycles. The second-order valence-corrected chi connectivity index (χ2v) is 7.80. The van der Waals surface area contributed by atoms with Gasteiger partial charge in [0, 0.05) is 62.0 Å². The largest absolute Gasteiger partial charge is 0.481 e. The highest BCUT2D eigenvalue weighted by Crippen LogP contribution is 2.36. The highest BCUT2D eigenvalue weighted by atomic mass is 19.3. The Morgan fingerprint density at radius 1 is 1.32 bits per heavy atom. The molecule has 0 radical (unpaired) electrons. The van der Waals surface area contributed by atoms with E-state index < -0.39 is 30.8 Å². The van der Waals surface area contributed by atoms with Crippen LogP contribution in [0, 0.1) is 11.3 Å². The Morgan fingerprint density at radius 2 is 2.10 bits per heavy atom. The molecule has 9 heteroatoms. The van der Waals surface area contributed by atoms with Crippen LogP contribution in [-0.4, -0.2) is 53.0 Å². The van der Waals surface area contributed by atoms with Gasteiger partial charge in [0.15, 0.2) is 0 Å². The van der Waals surface area contributed by atoms with Gasteiger partial charge in [0.25, 0.3) is 5.92 Å². The number of carbonyl (C=O) groups is 1. The third-order valence-electron chi connectivity index (χ3n) is 5.89. The second-order valence-electron chi connectivity index (χ2n) is 7.80. The smallest absolute Gasteiger partial charge is 0.274 e. The van der Waals surface area contributed by atoms with Crippen molar-refractivity contribution >= 4 is 11.7 Å². The Labute approximate surface area is 183 Å². The fourth-order valence-electron chi connectivity index (χ4n) is 4.34. The molecule has 31 heavy (non-hydrogen) atoms. The van der Waals surface area contributed by atoms with Crippen molar-refractivity contribution < 1.29 is 22.4 Å². The topological polar surface area (TPSA) is 82.4 Å². The van der Waals surface area contributed by atoms with Gasteiger partial charge in [-0.05, 0) is 31.0 Å². The molecular formula is C22H23F2N5O2. The number of nitriles is 1. The molecule has 1 amide bonds. The van der Waals surface area contributed by atoms with Gasteiger partial charge in [-0.25, -0.2) is 18.7 Å². The molecule has 2 unspecified atom stereocenters. The maximum Gasteiger partial charge on any atom is 0.274 e. The van der Waals surface area contributed by atoms with Crippen LogP contribution < -0.4 is 9.64 Å². The number of pyridine rings is 2. The maximum atomic E-state index is 14.8. The highest BCUT2D eigenvalue weighted by molar-refractivity contribution is 5.77. The number of hydrogen-bond donors (Lipinski definition) is 0. The Bertz CT molecular complexity index is 1080. The first-order valence-electron chi connectivity index (χ1n) is 11.5. The number of piperazine rings is 1. The van der Waals surface area contributed by atoms with Crippen molar-refractivity contribution in [1.29, 1.82) is 5.26 Å². The fraction of sp³-hybridized carbons (Fsp3) is 0.455. The van der Waals surface area contributed by atoms with Crippen molar-refractivity contribution in [2.45, 2.75) is 43.7 Å². The van der Waals surface area contributed by atoms with Crippen molar-refractivity contribution in [1.82, 2.24) is 14.9 Å². The van der Waals surface area contributed by atoms with Gasteiger partial charge in [-0.15, -0.1) is 0 Å². The quantitative estimate of drug-likeness (QED) is 0.700. The van der Waals surface area contributed by atoms with Gasteiger partial charge in [-0.3, -0.25) is 4.79 Å². The lowest BCUT2D eigenvalue weighted by Gasteiger charge is -2.42. The number of anilines is 1. The number of likely N-dealkylation sites (tertiary alicyclic amines) is 1. The molecule has 162 valence electrons. The lowest BCUT2D eigenvalue weighted by molar-refractivity contribution is -0.134. The molecule has 4 heterocycles. The molecule has 2 bridgehead atoms. The van der Waals surface area contributed by atoms with Crippen LogP contribution in [0.3, 0.4) is 0 Å². The molecule has 7 nitrogen and oxygen atoms in total. The first kappa shape index (κ1) is 17.4. The predicted molar refractivity (Wildman–Crippen MR) is 109 cm³/mol. The summed E-state index contributed by atoms with van der Waals surface area (Å²) in [5, 5.41) is 8.96. The molecule has 2 aliphatic heterocycles. The van der Waals surface area contributed by atoms with E-state index in [1.165, 1.54) is 6.20 Å². The van der Waals surface area contributed by atoms with Gasteiger partial charge in [-0.2, -0.15) is 5.26 Å². The summed E-state index contributed by atoms with van der Waals surface area (Å²) in [7, 11) is -2.80. The summed E-state index contributed by atoms with van der Waals surface area (Å²) < 4.78 is 55.4. The molecule has 0 N–H and O–H groups in total. The zero-order valence-electron chi connectivity index (χ0n) is 19.7. The van der Waals surface area contributed by atoms with Gasteiger partial charge >= 0.3 is 0 Å². The first-order chi connectivity index (χ1) is 16.1. The van der Waals surface area contributed by atoms with Crippen LogP contribution in [0.2, 0.25) is 0 Å². The van der Waals surface area contributed by atoms with Gasteiger partial charge in [-0.1, -0.05) is 0 Å². The number of nitrogens with zero attached hydrogens (tertiary/aromatic N) is 5. The van der Waals surface area contributed by atoms with Crippen molar-refractivity contribution in [3.05, 3.63) is 47.8 Å². The van der Waals surface area contributed by atoms with Gasteiger partial charge in [0.1, 0.15) is 11.9 Å². The highest BCUT2D eigenvalue weighted by Gasteiger charge is 2.42. The van der Waals surface area contributed by atoms with Crippen molar-refractivity contribution in [3.8, 4) is 11.9 Å². The number of amides is 1. The molecule has 0 spiro atoms.